The Bertz CT molecular complexity index is 1420. The molecule has 0 bridgehead atoms. The van der Waals surface area contributed by atoms with E-state index in [2.05, 4.69) is 30.7 Å². The number of nitrogens with one attached hydrogen (secondary N) is 3. The molecular formula is C26H29F2N7O2. The molecule has 1 saturated heterocycles. The van der Waals surface area contributed by atoms with Gasteiger partial charge in [0.25, 0.3) is 5.91 Å². The van der Waals surface area contributed by atoms with Crippen molar-refractivity contribution in [3.8, 4) is 11.1 Å². The van der Waals surface area contributed by atoms with E-state index in [0.29, 0.717) is 55.3 Å². The Hall–Kier alpha value is -3.60. The summed E-state index contributed by atoms with van der Waals surface area (Å²) in [6.45, 7) is 1.89. The van der Waals surface area contributed by atoms with Crippen LogP contribution in [-0.4, -0.2) is 62.2 Å². The Morgan fingerprint density at radius 3 is 2.81 bits per heavy atom. The number of H-pyrrole nitrogens is 1. The van der Waals surface area contributed by atoms with Crippen LogP contribution in [0.4, 0.5) is 14.7 Å². The van der Waals surface area contributed by atoms with Gasteiger partial charge in [-0.05, 0) is 49.3 Å². The van der Waals surface area contributed by atoms with Gasteiger partial charge in [0.15, 0.2) is 0 Å². The third-order valence-corrected chi connectivity index (χ3v) is 7.45. The summed E-state index contributed by atoms with van der Waals surface area (Å²) in [4.78, 5) is 25.2. The van der Waals surface area contributed by atoms with Gasteiger partial charge in [0.1, 0.15) is 5.65 Å². The van der Waals surface area contributed by atoms with E-state index >= 15 is 0 Å². The number of amides is 1. The lowest BCUT2D eigenvalue weighted by Gasteiger charge is -2.28. The molecule has 0 radical (unpaired) electrons. The molecule has 4 aromatic heterocycles. The van der Waals surface area contributed by atoms with Crippen molar-refractivity contribution >= 4 is 28.4 Å². The molecule has 194 valence electrons. The smallest absolute Gasteiger partial charge is 0.255 e. The third kappa shape index (κ3) is 5.00. The van der Waals surface area contributed by atoms with E-state index in [1.165, 1.54) is 0 Å². The second-order valence-corrected chi connectivity index (χ2v) is 10.0. The van der Waals surface area contributed by atoms with Gasteiger partial charge >= 0.3 is 0 Å². The molecule has 3 N–H and O–H groups in total. The molecule has 11 heteroatoms. The molecule has 1 aliphatic heterocycles. The fourth-order valence-electron chi connectivity index (χ4n) is 5.20. The predicted octanol–water partition coefficient (Wildman–Crippen LogP) is 4.42. The Morgan fingerprint density at radius 1 is 1.19 bits per heavy atom. The minimum Gasteiger partial charge on any atom is -0.381 e. The van der Waals surface area contributed by atoms with E-state index in [4.69, 9.17) is 4.74 Å². The van der Waals surface area contributed by atoms with Crippen LogP contribution < -0.4 is 10.6 Å². The zero-order chi connectivity index (χ0) is 25.4. The summed E-state index contributed by atoms with van der Waals surface area (Å²) in [7, 11) is 0. The summed E-state index contributed by atoms with van der Waals surface area (Å²) < 4.78 is 33.9. The van der Waals surface area contributed by atoms with Crippen molar-refractivity contribution in [2.24, 2.45) is 5.92 Å². The predicted molar refractivity (Wildman–Crippen MR) is 135 cm³/mol. The average Bonchev–Trinajstić information content (AvgIpc) is 3.52. The van der Waals surface area contributed by atoms with Gasteiger partial charge in [-0.2, -0.15) is 10.1 Å². The number of carbonyl (C=O) groups is 1. The lowest BCUT2D eigenvalue weighted by molar-refractivity contribution is -0.0443. The van der Waals surface area contributed by atoms with Crippen molar-refractivity contribution in [2.45, 2.75) is 50.5 Å². The molecular weight excluding hydrogens is 480 g/mol. The molecule has 0 aromatic carbocycles. The Morgan fingerprint density at radius 2 is 2.00 bits per heavy atom. The molecule has 0 spiro atoms. The molecule has 1 amide bonds. The maximum Gasteiger partial charge on any atom is 0.255 e. The van der Waals surface area contributed by atoms with Crippen molar-refractivity contribution in [3.05, 3.63) is 42.5 Å². The number of carbonyl (C=O) groups excluding carboxylic acids is 1. The average molecular weight is 510 g/mol. The van der Waals surface area contributed by atoms with E-state index in [9.17, 15) is 13.6 Å². The number of hydrogen-bond donors (Lipinski definition) is 3. The van der Waals surface area contributed by atoms with Crippen LogP contribution in [0.15, 0.2) is 36.9 Å². The number of nitrogens with zero attached hydrogens (tertiary/aromatic N) is 4. The van der Waals surface area contributed by atoms with Crippen molar-refractivity contribution in [1.29, 1.82) is 0 Å². The first kappa shape index (κ1) is 23.8. The van der Waals surface area contributed by atoms with Crippen LogP contribution in [0.2, 0.25) is 0 Å². The molecule has 0 unspecified atom stereocenters. The standard InChI is InChI=1S/C26H29F2N7O2/c27-26(28)6-1-16(2-7-26)12-30-25-31-14-20-19(13-29-23(20)34-25)17-3-8-35-22(11-17)21(15-32-35)24(36)33-18-4-9-37-10-5-18/h3,8,11,13-16,18H,1-2,4-7,9-10,12H2,(H,33,36)(H2,29,30,31,34). The number of aromatic nitrogens is 5. The molecule has 0 atom stereocenters. The Labute approximate surface area is 212 Å². The number of pyridine rings is 1. The molecule has 1 saturated carbocycles. The van der Waals surface area contributed by atoms with Crippen LogP contribution in [0.1, 0.15) is 48.9 Å². The summed E-state index contributed by atoms with van der Waals surface area (Å²) in [6, 6.07) is 3.99. The SMILES string of the molecule is O=C(NC1CCOCC1)c1cnn2ccc(-c3c[nH]c4nc(NCC5CCC(F)(F)CC5)ncc34)cc12. The minimum absolute atomic E-state index is 0.0559. The molecule has 4 aromatic rings. The molecule has 37 heavy (non-hydrogen) atoms. The topological polar surface area (TPSA) is 109 Å². The quantitative estimate of drug-likeness (QED) is 0.355. The van der Waals surface area contributed by atoms with Crippen LogP contribution in [0, 0.1) is 5.92 Å². The number of fused-ring (bicyclic) bond motifs is 2. The highest BCUT2D eigenvalue weighted by Gasteiger charge is 2.34. The number of rotatable bonds is 6. The number of ether oxygens (including phenoxy) is 1. The van der Waals surface area contributed by atoms with Gasteiger partial charge in [-0.15, -0.1) is 0 Å². The second-order valence-electron chi connectivity index (χ2n) is 10.0. The van der Waals surface area contributed by atoms with Crippen LogP contribution in [0.3, 0.4) is 0 Å². The Balaban J connectivity index is 1.19. The first-order chi connectivity index (χ1) is 17.9. The summed E-state index contributed by atoms with van der Waals surface area (Å²) in [5.41, 5.74) is 3.74. The van der Waals surface area contributed by atoms with Gasteiger partial charge in [-0.3, -0.25) is 4.79 Å². The summed E-state index contributed by atoms with van der Waals surface area (Å²) in [6.07, 6.45) is 9.55. The Kier molecular flexibility index (Phi) is 6.23. The lowest BCUT2D eigenvalue weighted by Crippen LogP contribution is -2.38. The zero-order valence-corrected chi connectivity index (χ0v) is 20.3. The van der Waals surface area contributed by atoms with Crippen molar-refractivity contribution in [1.82, 2.24) is 29.9 Å². The molecule has 2 aliphatic rings. The zero-order valence-electron chi connectivity index (χ0n) is 20.3. The third-order valence-electron chi connectivity index (χ3n) is 7.45. The number of anilines is 1. The lowest BCUT2D eigenvalue weighted by atomic mass is 9.87. The highest BCUT2D eigenvalue weighted by atomic mass is 19.3. The number of aromatic amines is 1. The maximum absolute atomic E-state index is 13.4. The van der Waals surface area contributed by atoms with Crippen LogP contribution in [0.5, 0.6) is 0 Å². The van der Waals surface area contributed by atoms with Gasteiger partial charge in [0.05, 0.1) is 17.3 Å². The first-order valence-corrected chi connectivity index (χ1v) is 12.8. The van der Waals surface area contributed by atoms with E-state index < -0.39 is 5.92 Å². The monoisotopic (exact) mass is 509 g/mol. The van der Waals surface area contributed by atoms with E-state index in [-0.39, 0.29) is 30.7 Å². The van der Waals surface area contributed by atoms with Gasteiger partial charge in [0.2, 0.25) is 11.9 Å². The van der Waals surface area contributed by atoms with Gasteiger partial charge < -0.3 is 20.4 Å². The van der Waals surface area contributed by atoms with Crippen molar-refractivity contribution in [2.75, 3.05) is 25.1 Å². The highest BCUT2D eigenvalue weighted by molar-refractivity contribution is 6.02. The summed E-state index contributed by atoms with van der Waals surface area (Å²) >= 11 is 0. The number of halogens is 2. The minimum atomic E-state index is -2.53. The number of hydrogen-bond acceptors (Lipinski definition) is 6. The molecule has 1 aliphatic carbocycles. The molecule has 5 heterocycles. The fourth-order valence-corrected chi connectivity index (χ4v) is 5.20. The van der Waals surface area contributed by atoms with Crippen molar-refractivity contribution in [3.63, 3.8) is 0 Å². The molecule has 9 nitrogen and oxygen atoms in total. The van der Waals surface area contributed by atoms with Crippen LogP contribution in [0.25, 0.3) is 27.7 Å². The normalized spacial score (nSPS) is 18.9. The number of alkyl halides is 2. The second kappa shape index (κ2) is 9.70. The van der Waals surface area contributed by atoms with E-state index in [1.807, 2.05) is 24.5 Å². The van der Waals surface area contributed by atoms with Crippen LogP contribution >= 0.6 is 0 Å². The van der Waals surface area contributed by atoms with E-state index in [0.717, 1.165) is 29.4 Å². The maximum atomic E-state index is 13.4. The largest absolute Gasteiger partial charge is 0.381 e. The summed E-state index contributed by atoms with van der Waals surface area (Å²) in [5.74, 6) is -2.00. The summed E-state index contributed by atoms with van der Waals surface area (Å²) in [5, 5.41) is 11.5. The van der Waals surface area contributed by atoms with Gasteiger partial charge in [0, 0.05) is 68.2 Å². The highest BCUT2D eigenvalue weighted by Crippen LogP contribution is 2.36. The van der Waals surface area contributed by atoms with Gasteiger partial charge in [-0.1, -0.05) is 0 Å². The van der Waals surface area contributed by atoms with Crippen LogP contribution in [-0.2, 0) is 4.74 Å². The molecule has 2 fully saturated rings. The fraction of sp³-hybridized carbons (Fsp3) is 0.462. The van der Waals surface area contributed by atoms with E-state index in [1.54, 1.807) is 16.9 Å². The van der Waals surface area contributed by atoms with Crippen molar-refractivity contribution < 1.29 is 18.3 Å². The van der Waals surface area contributed by atoms with Gasteiger partial charge in [-0.25, -0.2) is 18.3 Å². The molecule has 6 rings (SSSR count). The first-order valence-electron chi connectivity index (χ1n) is 12.8.